The normalized spacial score (nSPS) is 18.7. The lowest BCUT2D eigenvalue weighted by Gasteiger charge is -2.27. The Kier molecular flexibility index (Phi) is 5.57. The largest absolute Gasteiger partial charge is 0.260 e. The maximum absolute atomic E-state index is 7.12. The Morgan fingerprint density at radius 1 is 1.23 bits per heavy atom. The van der Waals surface area contributed by atoms with Crippen LogP contribution < -0.4 is 0 Å². The summed E-state index contributed by atoms with van der Waals surface area (Å²) >= 11 is 0. The van der Waals surface area contributed by atoms with Crippen LogP contribution >= 0.6 is 0 Å². The topological polar surface area (TPSA) is 32.1 Å². The number of rotatable bonds is 6. The van der Waals surface area contributed by atoms with Crippen LogP contribution in [0.3, 0.4) is 0 Å². The molecule has 0 saturated heterocycles. The SMILES string of the molecule is CCC(C)CC(C)(CC(C)C)O[OH2+]. The molecule has 2 heteroatoms. The van der Waals surface area contributed by atoms with Gasteiger partial charge in [-0.1, -0.05) is 34.1 Å². The van der Waals surface area contributed by atoms with Gasteiger partial charge >= 0.3 is 0 Å². The second-order valence-corrected chi connectivity index (χ2v) is 4.87. The molecule has 0 fully saturated rings. The Hall–Kier alpha value is -0.0800. The highest BCUT2D eigenvalue weighted by Crippen LogP contribution is 2.28. The summed E-state index contributed by atoms with van der Waals surface area (Å²) in [6.45, 7) is 10.8. The van der Waals surface area contributed by atoms with E-state index in [-0.39, 0.29) is 5.60 Å². The second-order valence-electron chi connectivity index (χ2n) is 4.87. The highest BCUT2D eigenvalue weighted by molar-refractivity contribution is 4.77. The Labute approximate surface area is 82.2 Å². The smallest absolute Gasteiger partial charge is 0.146 e. The maximum Gasteiger partial charge on any atom is 0.146 e. The molecule has 2 unspecified atom stereocenters. The molecule has 0 aliphatic heterocycles. The van der Waals surface area contributed by atoms with Gasteiger partial charge in [-0.2, -0.15) is 0 Å². The van der Waals surface area contributed by atoms with Crippen molar-refractivity contribution in [3.63, 3.8) is 0 Å². The molecule has 0 rings (SSSR count). The van der Waals surface area contributed by atoms with Gasteiger partial charge in [0.25, 0.3) is 0 Å². The Balaban J connectivity index is 4.10. The average Bonchev–Trinajstić information content (AvgIpc) is 2.02. The summed E-state index contributed by atoms with van der Waals surface area (Å²) in [5, 5.41) is 7.12. The van der Waals surface area contributed by atoms with Crippen molar-refractivity contribution in [3.05, 3.63) is 0 Å². The Morgan fingerprint density at radius 3 is 2.08 bits per heavy atom. The molecule has 0 amide bonds. The van der Waals surface area contributed by atoms with Crippen molar-refractivity contribution < 1.29 is 10.1 Å². The van der Waals surface area contributed by atoms with Crippen molar-refractivity contribution in [2.75, 3.05) is 0 Å². The van der Waals surface area contributed by atoms with Gasteiger partial charge in [0, 0.05) is 0 Å². The molecule has 0 bridgehead atoms. The monoisotopic (exact) mass is 189 g/mol. The molecule has 2 nitrogen and oxygen atoms in total. The van der Waals surface area contributed by atoms with E-state index in [1.165, 1.54) is 0 Å². The van der Waals surface area contributed by atoms with Gasteiger partial charge in [0.1, 0.15) is 5.60 Å². The van der Waals surface area contributed by atoms with Gasteiger partial charge in [-0.15, -0.1) is 4.89 Å². The molecule has 2 atom stereocenters. The molecule has 0 radical (unpaired) electrons. The molecule has 0 aromatic heterocycles. The lowest BCUT2D eigenvalue weighted by atomic mass is 9.85. The third-order valence-electron chi connectivity index (χ3n) is 2.56. The molecule has 0 aliphatic rings. The average molecular weight is 189 g/mol. The van der Waals surface area contributed by atoms with E-state index in [9.17, 15) is 0 Å². The Bertz CT molecular complexity index is 134. The first kappa shape index (κ1) is 12.9. The van der Waals surface area contributed by atoms with E-state index in [1.807, 2.05) is 6.92 Å². The van der Waals surface area contributed by atoms with Gasteiger partial charge in [0.2, 0.25) is 0 Å². The van der Waals surface area contributed by atoms with Crippen molar-refractivity contribution >= 4 is 0 Å². The fourth-order valence-electron chi connectivity index (χ4n) is 1.91. The van der Waals surface area contributed by atoms with Gasteiger partial charge in [0.15, 0.2) is 0 Å². The molecular weight excluding hydrogens is 164 g/mol. The first-order valence-corrected chi connectivity index (χ1v) is 5.28. The molecule has 0 spiro atoms. The van der Waals surface area contributed by atoms with Crippen LogP contribution in [-0.4, -0.2) is 10.9 Å². The van der Waals surface area contributed by atoms with E-state index in [2.05, 4.69) is 27.7 Å². The number of hydrogen-bond donors (Lipinski definition) is 0. The van der Waals surface area contributed by atoms with Crippen LogP contribution in [0.5, 0.6) is 0 Å². The summed E-state index contributed by atoms with van der Waals surface area (Å²) in [5.41, 5.74) is -0.246. The summed E-state index contributed by atoms with van der Waals surface area (Å²) in [6.07, 6.45) is 3.13. The first-order chi connectivity index (χ1) is 5.93. The van der Waals surface area contributed by atoms with Crippen molar-refractivity contribution in [2.45, 2.75) is 59.5 Å². The quantitative estimate of drug-likeness (QED) is 0.359. The highest BCUT2D eigenvalue weighted by Gasteiger charge is 2.31. The van der Waals surface area contributed by atoms with Crippen LogP contribution in [0.25, 0.3) is 0 Å². The minimum atomic E-state index is -0.246. The zero-order valence-corrected chi connectivity index (χ0v) is 9.68. The molecular formula is C11H25O2+. The highest BCUT2D eigenvalue weighted by atomic mass is 17.1. The van der Waals surface area contributed by atoms with Gasteiger partial charge in [-0.3, -0.25) is 5.26 Å². The van der Waals surface area contributed by atoms with Crippen molar-refractivity contribution in [2.24, 2.45) is 11.8 Å². The van der Waals surface area contributed by atoms with Crippen molar-refractivity contribution in [1.82, 2.24) is 0 Å². The summed E-state index contributed by atoms with van der Waals surface area (Å²) < 4.78 is 0. The van der Waals surface area contributed by atoms with Crippen LogP contribution in [0.4, 0.5) is 0 Å². The molecule has 0 aromatic rings. The first-order valence-electron chi connectivity index (χ1n) is 5.28. The fourth-order valence-corrected chi connectivity index (χ4v) is 1.91. The minimum absolute atomic E-state index is 0.246. The fraction of sp³-hybridized carbons (Fsp3) is 1.00. The molecule has 13 heavy (non-hydrogen) atoms. The Morgan fingerprint density at radius 2 is 1.77 bits per heavy atom. The predicted octanol–water partition coefficient (Wildman–Crippen LogP) is 2.88. The molecule has 0 aromatic carbocycles. The van der Waals surface area contributed by atoms with E-state index in [0.717, 1.165) is 19.3 Å². The number of hydrogen-bond acceptors (Lipinski definition) is 1. The van der Waals surface area contributed by atoms with Crippen LogP contribution in [-0.2, 0) is 4.89 Å². The standard InChI is InChI=1S/C11H24O2/c1-6-10(4)8-11(5,13-12)7-9(2)3/h9-10,12H,6-8H2,1-5H3/p+1. The van der Waals surface area contributed by atoms with Gasteiger partial charge in [-0.05, 0) is 31.6 Å². The van der Waals surface area contributed by atoms with Gasteiger partial charge in [0.05, 0.1) is 0 Å². The third-order valence-corrected chi connectivity index (χ3v) is 2.56. The van der Waals surface area contributed by atoms with E-state index in [0.29, 0.717) is 11.8 Å². The zero-order valence-electron chi connectivity index (χ0n) is 9.68. The predicted molar refractivity (Wildman–Crippen MR) is 56.6 cm³/mol. The lowest BCUT2D eigenvalue weighted by molar-refractivity contribution is -0.325. The van der Waals surface area contributed by atoms with Crippen LogP contribution in [0.15, 0.2) is 0 Å². The molecule has 0 saturated carbocycles. The second kappa shape index (κ2) is 5.61. The van der Waals surface area contributed by atoms with E-state index < -0.39 is 0 Å². The van der Waals surface area contributed by atoms with E-state index in [1.54, 1.807) is 0 Å². The molecule has 0 heterocycles. The maximum atomic E-state index is 7.12. The molecule has 0 aliphatic carbocycles. The van der Waals surface area contributed by atoms with E-state index >= 15 is 0 Å². The van der Waals surface area contributed by atoms with E-state index in [4.69, 9.17) is 10.1 Å². The minimum Gasteiger partial charge on any atom is -0.260 e. The van der Waals surface area contributed by atoms with Crippen LogP contribution in [0.1, 0.15) is 53.9 Å². The van der Waals surface area contributed by atoms with Crippen LogP contribution in [0.2, 0.25) is 0 Å². The summed E-state index contributed by atoms with van der Waals surface area (Å²) in [6, 6.07) is 0. The zero-order chi connectivity index (χ0) is 10.5. The van der Waals surface area contributed by atoms with Crippen molar-refractivity contribution in [3.8, 4) is 0 Å². The van der Waals surface area contributed by atoms with Crippen molar-refractivity contribution in [1.29, 1.82) is 0 Å². The van der Waals surface area contributed by atoms with Gasteiger partial charge in [-0.25, -0.2) is 0 Å². The summed E-state index contributed by atoms with van der Waals surface area (Å²) in [5.74, 6) is 1.24. The lowest BCUT2D eigenvalue weighted by Crippen LogP contribution is -2.31. The van der Waals surface area contributed by atoms with Crippen LogP contribution in [0, 0.1) is 11.8 Å². The summed E-state index contributed by atoms with van der Waals surface area (Å²) in [4.78, 5) is 4.87. The third kappa shape index (κ3) is 5.27. The van der Waals surface area contributed by atoms with Gasteiger partial charge < -0.3 is 0 Å². The summed E-state index contributed by atoms with van der Waals surface area (Å²) in [7, 11) is 0. The molecule has 2 N–H and O–H groups in total. The molecule has 80 valence electrons.